The monoisotopic (exact) mass is 339 g/mol. The molecule has 1 aromatic rings. The maximum Gasteiger partial charge on any atom is 0.317 e. The van der Waals surface area contributed by atoms with E-state index in [-0.39, 0.29) is 31.0 Å². The number of hydrogen-bond acceptors (Lipinski definition) is 3. The lowest BCUT2D eigenvalue weighted by molar-refractivity contribution is -0.116. The van der Waals surface area contributed by atoms with Gasteiger partial charge in [0.15, 0.2) is 0 Å². The number of anilines is 1. The second-order valence-electron chi connectivity index (χ2n) is 5.64. The molecule has 1 heterocycles. The molecule has 0 spiro atoms. The van der Waals surface area contributed by atoms with Crippen LogP contribution in [-0.4, -0.2) is 49.2 Å². The number of morpholine rings is 1. The van der Waals surface area contributed by atoms with Gasteiger partial charge in [-0.05, 0) is 31.5 Å². The normalized spacial score (nSPS) is 17.7. The molecule has 6 nitrogen and oxygen atoms in total. The zero-order valence-corrected chi connectivity index (χ0v) is 14.2. The number of nitrogens with zero attached hydrogens (tertiary/aromatic N) is 1. The fourth-order valence-electron chi connectivity index (χ4n) is 2.33. The number of halogens is 1. The van der Waals surface area contributed by atoms with Crippen molar-refractivity contribution in [3.8, 4) is 0 Å². The van der Waals surface area contributed by atoms with Gasteiger partial charge in [0.25, 0.3) is 0 Å². The number of aryl methyl sites for hydroxylation is 1. The molecule has 2 rings (SSSR count). The molecule has 0 aromatic heterocycles. The van der Waals surface area contributed by atoms with Crippen molar-refractivity contribution in [1.82, 2.24) is 10.2 Å². The van der Waals surface area contributed by atoms with Gasteiger partial charge >= 0.3 is 6.03 Å². The van der Waals surface area contributed by atoms with E-state index in [0.29, 0.717) is 30.4 Å². The van der Waals surface area contributed by atoms with Gasteiger partial charge in [-0.1, -0.05) is 17.7 Å². The molecule has 0 bridgehead atoms. The average Bonchev–Trinajstić information content (AvgIpc) is 2.50. The molecule has 2 N–H and O–H groups in total. The number of hydrogen-bond donors (Lipinski definition) is 2. The molecule has 0 radical (unpaired) electrons. The first-order valence-corrected chi connectivity index (χ1v) is 8.04. The molecule has 3 amide bonds. The standard InChI is InChI=1S/C16H22ClN3O3/c1-11-3-4-14(13(17)9-11)19-15(21)5-6-18-16(22)20-7-8-23-12(2)10-20/h3-4,9,12H,5-8,10H2,1-2H3,(H,18,22)(H,19,21)/t12-/m1/s1. The number of amides is 3. The fraction of sp³-hybridized carbons (Fsp3) is 0.500. The molecule has 0 saturated carbocycles. The molecule has 0 unspecified atom stereocenters. The quantitative estimate of drug-likeness (QED) is 0.885. The number of urea groups is 1. The highest BCUT2D eigenvalue weighted by molar-refractivity contribution is 6.33. The summed E-state index contributed by atoms with van der Waals surface area (Å²) in [5, 5.41) is 6.00. The Labute approximate surface area is 141 Å². The van der Waals surface area contributed by atoms with Crippen LogP contribution in [-0.2, 0) is 9.53 Å². The van der Waals surface area contributed by atoms with Crippen molar-refractivity contribution in [3.63, 3.8) is 0 Å². The smallest absolute Gasteiger partial charge is 0.317 e. The molecule has 1 aliphatic rings. The molecule has 1 atom stereocenters. The van der Waals surface area contributed by atoms with Crippen LogP contribution >= 0.6 is 11.6 Å². The lowest BCUT2D eigenvalue weighted by Gasteiger charge is -2.31. The van der Waals surface area contributed by atoms with E-state index in [4.69, 9.17) is 16.3 Å². The Kier molecular flexibility index (Phi) is 6.24. The zero-order chi connectivity index (χ0) is 16.8. The Balaban J connectivity index is 1.73. The SMILES string of the molecule is Cc1ccc(NC(=O)CCNC(=O)N2CCO[C@H](C)C2)c(Cl)c1. The maximum absolute atomic E-state index is 12.0. The largest absolute Gasteiger partial charge is 0.375 e. The second-order valence-corrected chi connectivity index (χ2v) is 6.05. The van der Waals surface area contributed by atoms with Crippen molar-refractivity contribution in [3.05, 3.63) is 28.8 Å². The Morgan fingerprint density at radius 3 is 2.91 bits per heavy atom. The number of carbonyl (C=O) groups is 2. The summed E-state index contributed by atoms with van der Waals surface area (Å²) in [6.07, 6.45) is 0.233. The predicted molar refractivity (Wildman–Crippen MR) is 89.8 cm³/mol. The van der Waals surface area contributed by atoms with Gasteiger partial charge in [0, 0.05) is 26.1 Å². The third-order valence-corrected chi connectivity index (χ3v) is 3.87. The molecule has 1 saturated heterocycles. The van der Waals surface area contributed by atoms with Gasteiger partial charge in [-0.3, -0.25) is 4.79 Å². The van der Waals surface area contributed by atoms with E-state index in [1.807, 2.05) is 19.9 Å². The first kappa shape index (κ1) is 17.6. The van der Waals surface area contributed by atoms with Gasteiger partial charge in [-0.25, -0.2) is 4.79 Å². The minimum atomic E-state index is -0.189. The highest BCUT2D eigenvalue weighted by Gasteiger charge is 2.21. The topological polar surface area (TPSA) is 70.7 Å². The summed E-state index contributed by atoms with van der Waals surface area (Å²) < 4.78 is 5.39. The predicted octanol–water partition coefficient (Wildman–Crippen LogP) is 2.41. The Morgan fingerprint density at radius 1 is 1.43 bits per heavy atom. The van der Waals surface area contributed by atoms with Crippen LogP contribution in [0.1, 0.15) is 18.9 Å². The number of carbonyl (C=O) groups excluding carboxylic acids is 2. The summed E-state index contributed by atoms with van der Waals surface area (Å²) in [4.78, 5) is 25.6. The van der Waals surface area contributed by atoms with Crippen molar-refractivity contribution < 1.29 is 14.3 Å². The van der Waals surface area contributed by atoms with Crippen molar-refractivity contribution in [2.45, 2.75) is 26.4 Å². The minimum Gasteiger partial charge on any atom is -0.375 e. The number of rotatable bonds is 4. The van der Waals surface area contributed by atoms with Gasteiger partial charge < -0.3 is 20.3 Å². The van der Waals surface area contributed by atoms with Crippen LogP contribution < -0.4 is 10.6 Å². The lowest BCUT2D eigenvalue weighted by atomic mass is 10.2. The third-order valence-electron chi connectivity index (χ3n) is 3.56. The van der Waals surface area contributed by atoms with Crippen LogP contribution in [0.15, 0.2) is 18.2 Å². The van der Waals surface area contributed by atoms with E-state index in [0.717, 1.165) is 5.56 Å². The molecule has 1 fully saturated rings. The van der Waals surface area contributed by atoms with E-state index < -0.39 is 0 Å². The van der Waals surface area contributed by atoms with Gasteiger partial charge in [0.1, 0.15) is 0 Å². The first-order valence-electron chi connectivity index (χ1n) is 7.66. The molecular formula is C16H22ClN3O3. The van der Waals surface area contributed by atoms with Crippen LogP contribution in [0.2, 0.25) is 5.02 Å². The molecule has 0 aliphatic carbocycles. The van der Waals surface area contributed by atoms with Gasteiger partial charge in [-0.2, -0.15) is 0 Å². The van der Waals surface area contributed by atoms with Gasteiger partial charge in [-0.15, -0.1) is 0 Å². The van der Waals surface area contributed by atoms with Crippen molar-refractivity contribution in [2.75, 3.05) is 31.6 Å². The lowest BCUT2D eigenvalue weighted by Crippen LogP contribution is -2.49. The van der Waals surface area contributed by atoms with E-state index in [2.05, 4.69) is 10.6 Å². The molecule has 1 aromatic carbocycles. The van der Waals surface area contributed by atoms with Crippen LogP contribution in [0.4, 0.5) is 10.5 Å². The van der Waals surface area contributed by atoms with E-state index in [9.17, 15) is 9.59 Å². The summed E-state index contributed by atoms with van der Waals surface area (Å²) in [7, 11) is 0. The molecule has 7 heteroatoms. The number of benzene rings is 1. The summed E-state index contributed by atoms with van der Waals surface area (Å²) in [5.74, 6) is -0.189. The summed E-state index contributed by atoms with van der Waals surface area (Å²) in [6.45, 7) is 5.82. The van der Waals surface area contributed by atoms with E-state index >= 15 is 0 Å². The Morgan fingerprint density at radius 2 is 2.22 bits per heavy atom. The maximum atomic E-state index is 12.0. The van der Waals surface area contributed by atoms with Gasteiger partial charge in [0.2, 0.25) is 5.91 Å². The Hall–Kier alpha value is -1.79. The van der Waals surface area contributed by atoms with E-state index in [1.165, 1.54) is 0 Å². The first-order chi connectivity index (χ1) is 11.0. The molecule has 1 aliphatic heterocycles. The fourth-order valence-corrected chi connectivity index (χ4v) is 2.61. The highest BCUT2D eigenvalue weighted by Crippen LogP contribution is 2.22. The van der Waals surface area contributed by atoms with Gasteiger partial charge in [0.05, 0.1) is 23.4 Å². The van der Waals surface area contributed by atoms with E-state index in [1.54, 1.807) is 17.0 Å². The van der Waals surface area contributed by atoms with Crippen LogP contribution in [0, 0.1) is 6.92 Å². The minimum absolute atomic E-state index is 0.0430. The molecular weight excluding hydrogens is 318 g/mol. The number of nitrogens with one attached hydrogen (secondary N) is 2. The summed E-state index contributed by atoms with van der Waals surface area (Å²) >= 11 is 6.07. The van der Waals surface area contributed by atoms with Crippen LogP contribution in [0.5, 0.6) is 0 Å². The zero-order valence-electron chi connectivity index (χ0n) is 13.4. The molecule has 23 heavy (non-hydrogen) atoms. The summed E-state index contributed by atoms with van der Waals surface area (Å²) in [6, 6.07) is 5.27. The van der Waals surface area contributed by atoms with Crippen LogP contribution in [0.25, 0.3) is 0 Å². The molecule has 126 valence electrons. The van der Waals surface area contributed by atoms with Crippen LogP contribution in [0.3, 0.4) is 0 Å². The van der Waals surface area contributed by atoms with Crippen molar-refractivity contribution in [2.24, 2.45) is 0 Å². The summed E-state index contributed by atoms with van der Waals surface area (Å²) in [5.41, 5.74) is 1.61. The Bertz CT molecular complexity index is 580. The van der Waals surface area contributed by atoms with Crippen molar-refractivity contribution >= 4 is 29.2 Å². The average molecular weight is 340 g/mol. The highest BCUT2D eigenvalue weighted by atomic mass is 35.5. The number of ether oxygens (including phenoxy) is 1. The third kappa shape index (κ3) is 5.41. The van der Waals surface area contributed by atoms with Crippen molar-refractivity contribution in [1.29, 1.82) is 0 Å². The second kappa shape index (κ2) is 8.17.